The van der Waals surface area contributed by atoms with Crippen molar-refractivity contribution >= 4 is 22.6 Å². The molecule has 0 atom stereocenters. The lowest BCUT2D eigenvalue weighted by Gasteiger charge is -2.07. The molecule has 0 bridgehead atoms. The molecule has 0 unspecified atom stereocenters. The molecule has 2 aromatic carbocycles. The molecule has 26 heavy (non-hydrogen) atoms. The molecule has 0 fully saturated rings. The van der Waals surface area contributed by atoms with Gasteiger partial charge in [0.05, 0.1) is 4.92 Å². The van der Waals surface area contributed by atoms with E-state index in [1.54, 1.807) is 18.2 Å². The van der Waals surface area contributed by atoms with Crippen molar-refractivity contribution in [2.45, 2.75) is 0 Å². The van der Waals surface area contributed by atoms with Crippen molar-refractivity contribution in [1.29, 1.82) is 0 Å². The van der Waals surface area contributed by atoms with Crippen molar-refractivity contribution in [1.82, 2.24) is 0 Å². The van der Waals surface area contributed by atoms with Crippen LogP contribution in [0.3, 0.4) is 0 Å². The van der Waals surface area contributed by atoms with Crippen molar-refractivity contribution < 1.29 is 28.0 Å². The molecule has 0 saturated heterocycles. The summed E-state index contributed by atoms with van der Waals surface area (Å²) in [5.74, 6) is -2.05. The van der Waals surface area contributed by atoms with E-state index in [9.17, 15) is 24.1 Å². The van der Waals surface area contributed by atoms with Crippen molar-refractivity contribution in [3.8, 4) is 11.5 Å². The Morgan fingerprint density at radius 1 is 1.15 bits per heavy atom. The molecule has 0 aliphatic heterocycles. The molecule has 1 aromatic heterocycles. The normalized spacial score (nSPS) is 10.5. The minimum Gasteiger partial charge on any atom is -0.482 e. The Morgan fingerprint density at radius 3 is 2.69 bits per heavy atom. The van der Waals surface area contributed by atoms with Crippen LogP contribution in [0, 0.1) is 15.9 Å². The standard InChI is InChI=1S/C17H10FNO7/c18-11-3-5-13(19(22)23)15(7-11)26-17(21)9-24-12-4-1-10-2-6-16(20)25-14(10)8-12/h1-8H,9H2. The Morgan fingerprint density at radius 2 is 1.92 bits per heavy atom. The molecule has 3 aromatic rings. The van der Waals surface area contributed by atoms with E-state index in [0.717, 1.165) is 18.2 Å². The van der Waals surface area contributed by atoms with Crippen molar-refractivity contribution in [3.63, 3.8) is 0 Å². The highest BCUT2D eigenvalue weighted by Gasteiger charge is 2.19. The molecule has 8 nitrogen and oxygen atoms in total. The van der Waals surface area contributed by atoms with Crippen molar-refractivity contribution in [2.24, 2.45) is 0 Å². The number of hydrogen-bond acceptors (Lipinski definition) is 7. The highest BCUT2D eigenvalue weighted by atomic mass is 19.1. The zero-order chi connectivity index (χ0) is 18.7. The molecule has 0 N–H and O–H groups in total. The number of nitrogens with zero attached hydrogens (tertiary/aromatic N) is 1. The van der Waals surface area contributed by atoms with Crippen molar-refractivity contribution in [2.75, 3.05) is 6.61 Å². The van der Waals surface area contributed by atoms with Gasteiger partial charge in [-0.2, -0.15) is 0 Å². The van der Waals surface area contributed by atoms with Crippen LogP contribution in [0.5, 0.6) is 11.5 Å². The molecule has 1 heterocycles. The number of fused-ring (bicyclic) bond motifs is 1. The number of rotatable bonds is 5. The molecule has 9 heteroatoms. The van der Waals surface area contributed by atoms with Crippen LogP contribution in [0.25, 0.3) is 11.0 Å². The van der Waals surface area contributed by atoms with Crippen LogP contribution in [0.1, 0.15) is 0 Å². The summed E-state index contributed by atoms with van der Waals surface area (Å²) in [7, 11) is 0. The largest absolute Gasteiger partial charge is 0.482 e. The molecule has 0 spiro atoms. The predicted octanol–water partition coefficient (Wildman–Crippen LogP) is 2.82. The van der Waals surface area contributed by atoms with Crippen LogP contribution in [0.15, 0.2) is 57.7 Å². The van der Waals surface area contributed by atoms with E-state index in [1.807, 2.05) is 0 Å². The van der Waals surface area contributed by atoms with Gasteiger partial charge in [0, 0.05) is 29.7 Å². The fraction of sp³-hybridized carbons (Fsp3) is 0.0588. The molecule has 0 radical (unpaired) electrons. The highest BCUT2D eigenvalue weighted by Crippen LogP contribution is 2.27. The van der Waals surface area contributed by atoms with Crippen LogP contribution < -0.4 is 15.1 Å². The van der Waals surface area contributed by atoms with Crippen LogP contribution in [-0.4, -0.2) is 17.5 Å². The number of ether oxygens (including phenoxy) is 2. The monoisotopic (exact) mass is 359 g/mol. The number of nitro groups is 1. The van der Waals surface area contributed by atoms with E-state index in [2.05, 4.69) is 0 Å². The van der Waals surface area contributed by atoms with E-state index in [0.29, 0.717) is 5.39 Å². The van der Waals surface area contributed by atoms with Crippen molar-refractivity contribution in [3.05, 3.63) is 74.9 Å². The van der Waals surface area contributed by atoms with E-state index in [-0.39, 0.29) is 11.3 Å². The maximum absolute atomic E-state index is 13.2. The third kappa shape index (κ3) is 3.83. The first-order valence-electron chi connectivity index (χ1n) is 7.24. The van der Waals surface area contributed by atoms with Crippen LogP contribution in [0.4, 0.5) is 10.1 Å². The zero-order valence-corrected chi connectivity index (χ0v) is 13.0. The number of halogens is 1. The van der Waals surface area contributed by atoms with Gasteiger partial charge in [0.25, 0.3) is 0 Å². The Bertz CT molecular complexity index is 1060. The van der Waals surface area contributed by atoms with E-state index < -0.39 is 40.4 Å². The molecule has 0 aliphatic rings. The Labute approximate surface area is 144 Å². The molecule has 0 amide bonds. The second-order valence-electron chi connectivity index (χ2n) is 5.09. The first-order chi connectivity index (χ1) is 12.4. The Kier molecular flexibility index (Phi) is 4.61. The molecular formula is C17H10FNO7. The second-order valence-corrected chi connectivity index (χ2v) is 5.09. The average Bonchev–Trinajstić information content (AvgIpc) is 2.59. The second kappa shape index (κ2) is 7.01. The van der Waals surface area contributed by atoms with Gasteiger partial charge < -0.3 is 13.9 Å². The summed E-state index contributed by atoms with van der Waals surface area (Å²) in [4.78, 5) is 33.1. The summed E-state index contributed by atoms with van der Waals surface area (Å²) in [5, 5.41) is 11.5. The number of carbonyl (C=O) groups excluding carboxylic acids is 1. The number of esters is 1. The fourth-order valence-electron chi connectivity index (χ4n) is 2.15. The molecule has 3 rings (SSSR count). The van der Waals surface area contributed by atoms with Gasteiger partial charge in [-0.1, -0.05) is 0 Å². The van der Waals surface area contributed by atoms with Gasteiger partial charge in [0.1, 0.15) is 17.1 Å². The van der Waals surface area contributed by atoms with Gasteiger partial charge in [0.2, 0.25) is 5.75 Å². The first-order valence-corrected chi connectivity index (χ1v) is 7.24. The lowest BCUT2D eigenvalue weighted by Crippen LogP contribution is -2.18. The molecular weight excluding hydrogens is 349 g/mol. The van der Waals surface area contributed by atoms with Gasteiger partial charge in [-0.25, -0.2) is 14.0 Å². The van der Waals surface area contributed by atoms with Crippen LogP contribution >= 0.6 is 0 Å². The summed E-state index contributed by atoms with van der Waals surface area (Å²) < 4.78 is 28.2. The topological polar surface area (TPSA) is 109 Å². The van der Waals surface area contributed by atoms with Gasteiger partial charge in [-0.05, 0) is 24.3 Å². The third-order valence-electron chi connectivity index (χ3n) is 3.29. The minimum absolute atomic E-state index is 0.220. The number of nitro benzene ring substituents is 1. The molecule has 132 valence electrons. The number of carbonyl (C=O) groups is 1. The third-order valence-corrected chi connectivity index (χ3v) is 3.29. The zero-order valence-electron chi connectivity index (χ0n) is 13.0. The lowest BCUT2D eigenvalue weighted by atomic mass is 10.2. The van der Waals surface area contributed by atoms with E-state index in [1.165, 1.54) is 12.1 Å². The van der Waals surface area contributed by atoms with Gasteiger partial charge in [-0.15, -0.1) is 0 Å². The summed E-state index contributed by atoms with van der Waals surface area (Å²) in [5.41, 5.74) is -0.816. The number of benzene rings is 2. The Balaban J connectivity index is 1.71. The number of hydrogen-bond donors (Lipinski definition) is 0. The van der Waals surface area contributed by atoms with Gasteiger partial charge >= 0.3 is 17.3 Å². The smallest absolute Gasteiger partial charge is 0.349 e. The molecule has 0 aliphatic carbocycles. The minimum atomic E-state index is -0.965. The van der Waals surface area contributed by atoms with Gasteiger partial charge in [-0.3, -0.25) is 10.1 Å². The van der Waals surface area contributed by atoms with Crippen LogP contribution in [-0.2, 0) is 4.79 Å². The van der Waals surface area contributed by atoms with E-state index >= 15 is 0 Å². The summed E-state index contributed by atoms with van der Waals surface area (Å²) in [6.07, 6.45) is 0. The SMILES string of the molecule is O=C(COc1ccc2ccc(=O)oc2c1)Oc1cc(F)ccc1[N+](=O)[O-]. The first kappa shape index (κ1) is 17.1. The average molecular weight is 359 g/mol. The van der Waals surface area contributed by atoms with E-state index in [4.69, 9.17) is 13.9 Å². The maximum atomic E-state index is 13.2. The summed E-state index contributed by atoms with van der Waals surface area (Å²) in [6.45, 7) is -0.587. The maximum Gasteiger partial charge on any atom is 0.349 e. The predicted molar refractivity (Wildman–Crippen MR) is 86.7 cm³/mol. The summed E-state index contributed by atoms with van der Waals surface area (Å²) in [6, 6.07) is 9.93. The van der Waals surface area contributed by atoms with Gasteiger partial charge in [0.15, 0.2) is 6.61 Å². The quantitative estimate of drug-likeness (QED) is 0.226. The summed E-state index contributed by atoms with van der Waals surface area (Å²) >= 11 is 0. The highest BCUT2D eigenvalue weighted by molar-refractivity contribution is 5.78. The Hall–Kier alpha value is -3.75. The molecule has 0 saturated carbocycles. The fourth-order valence-corrected chi connectivity index (χ4v) is 2.15. The van der Waals surface area contributed by atoms with Crippen LogP contribution in [0.2, 0.25) is 0 Å². The lowest BCUT2D eigenvalue weighted by molar-refractivity contribution is -0.385.